The van der Waals surface area contributed by atoms with Crippen molar-refractivity contribution in [3.8, 4) is 16.5 Å². The predicted molar refractivity (Wildman–Crippen MR) is 100 cm³/mol. The summed E-state index contributed by atoms with van der Waals surface area (Å²) in [7, 11) is -3.53. The molecular weight excluding hydrogens is 372 g/mol. The zero-order valence-electron chi connectivity index (χ0n) is 14.5. The van der Waals surface area contributed by atoms with Gasteiger partial charge in [-0.1, -0.05) is 24.3 Å². The highest BCUT2D eigenvalue weighted by atomic mass is 32.2. The molecule has 2 atom stereocenters. The third-order valence-electron chi connectivity index (χ3n) is 4.50. The summed E-state index contributed by atoms with van der Waals surface area (Å²) in [5, 5.41) is 19.4. The third-order valence-corrected chi connectivity index (χ3v) is 7.39. The second-order valence-corrected chi connectivity index (χ2v) is 9.91. The number of nitrogens with zero attached hydrogens (tertiary/aromatic N) is 1. The van der Waals surface area contributed by atoms with Crippen LogP contribution >= 0.6 is 11.3 Å². The summed E-state index contributed by atoms with van der Waals surface area (Å²) in [6, 6.07) is 12.3. The minimum atomic E-state index is -3.53. The number of nitrogens with one attached hydrogen (secondary N) is 1. The lowest BCUT2D eigenvalue weighted by Crippen LogP contribution is -2.51. The SMILES string of the molecule is CC(C)S(=O)(=O)N[C@H]1COC[C@@]1(O)c1ccc(-c2ccc(C#N)s2)cc1. The van der Waals surface area contributed by atoms with Gasteiger partial charge in [0.05, 0.1) is 24.5 Å². The molecule has 2 aromatic rings. The standard InChI is InChI=1S/C18H20N2O4S2/c1-12(2)26(22,23)20-17-10-24-11-18(17,21)14-5-3-13(4-6-14)16-8-7-15(9-19)25-16/h3-8,12,17,20-21H,10-11H2,1-2H3/t17-,18+/m0/s1. The van der Waals surface area contributed by atoms with Crippen molar-refractivity contribution in [1.29, 1.82) is 5.26 Å². The number of nitriles is 1. The summed E-state index contributed by atoms with van der Waals surface area (Å²) >= 11 is 1.39. The number of aliphatic hydroxyl groups is 1. The fraction of sp³-hybridized carbons (Fsp3) is 0.389. The van der Waals surface area contributed by atoms with Crippen molar-refractivity contribution in [2.24, 2.45) is 0 Å². The summed E-state index contributed by atoms with van der Waals surface area (Å²) in [6.45, 7) is 3.31. The van der Waals surface area contributed by atoms with Crippen molar-refractivity contribution in [3.05, 3.63) is 46.8 Å². The van der Waals surface area contributed by atoms with E-state index in [0.717, 1.165) is 10.4 Å². The summed E-state index contributed by atoms with van der Waals surface area (Å²) in [5.74, 6) is 0. The highest BCUT2D eigenvalue weighted by molar-refractivity contribution is 7.90. The van der Waals surface area contributed by atoms with E-state index in [-0.39, 0.29) is 13.2 Å². The van der Waals surface area contributed by atoms with Gasteiger partial charge in [-0.15, -0.1) is 11.3 Å². The maximum Gasteiger partial charge on any atom is 0.214 e. The van der Waals surface area contributed by atoms with Crippen LogP contribution in [0.25, 0.3) is 10.4 Å². The molecule has 0 radical (unpaired) electrons. The second-order valence-electron chi connectivity index (χ2n) is 6.56. The molecule has 138 valence electrons. The van der Waals surface area contributed by atoms with Gasteiger partial charge in [-0.3, -0.25) is 0 Å². The molecule has 0 amide bonds. The summed E-state index contributed by atoms with van der Waals surface area (Å²) < 4.78 is 32.3. The van der Waals surface area contributed by atoms with E-state index in [0.29, 0.717) is 10.4 Å². The highest BCUT2D eigenvalue weighted by Gasteiger charge is 2.46. The molecule has 2 heterocycles. The smallest absolute Gasteiger partial charge is 0.214 e. The number of rotatable bonds is 5. The molecule has 0 unspecified atom stereocenters. The van der Waals surface area contributed by atoms with E-state index < -0.39 is 26.9 Å². The van der Waals surface area contributed by atoms with Crippen molar-refractivity contribution >= 4 is 21.4 Å². The van der Waals surface area contributed by atoms with Gasteiger partial charge in [-0.2, -0.15) is 5.26 Å². The molecule has 0 aliphatic carbocycles. The molecule has 8 heteroatoms. The average molecular weight is 393 g/mol. The van der Waals surface area contributed by atoms with Crippen LogP contribution in [-0.2, 0) is 20.4 Å². The molecular formula is C18H20N2O4S2. The van der Waals surface area contributed by atoms with E-state index in [4.69, 9.17) is 10.00 Å². The number of sulfonamides is 1. The van der Waals surface area contributed by atoms with E-state index in [9.17, 15) is 13.5 Å². The normalized spacial score (nSPS) is 23.3. The van der Waals surface area contributed by atoms with Crippen LogP contribution in [0, 0.1) is 11.3 Å². The zero-order chi connectivity index (χ0) is 18.9. The van der Waals surface area contributed by atoms with Gasteiger partial charge in [-0.05, 0) is 37.1 Å². The third kappa shape index (κ3) is 3.54. The largest absolute Gasteiger partial charge is 0.381 e. The Hall–Kier alpha value is -1.76. The van der Waals surface area contributed by atoms with E-state index >= 15 is 0 Å². The fourth-order valence-electron chi connectivity index (χ4n) is 2.80. The van der Waals surface area contributed by atoms with Crippen molar-refractivity contribution in [2.75, 3.05) is 13.2 Å². The Morgan fingerprint density at radius 3 is 2.58 bits per heavy atom. The lowest BCUT2D eigenvalue weighted by molar-refractivity contribution is 0.0121. The molecule has 0 saturated carbocycles. The van der Waals surface area contributed by atoms with Gasteiger partial charge < -0.3 is 9.84 Å². The van der Waals surface area contributed by atoms with Crippen LogP contribution in [-0.4, -0.2) is 38.0 Å². The van der Waals surface area contributed by atoms with Crippen molar-refractivity contribution in [2.45, 2.75) is 30.7 Å². The number of thiophene rings is 1. The van der Waals surface area contributed by atoms with Crippen LogP contribution < -0.4 is 4.72 Å². The molecule has 3 rings (SSSR count). The van der Waals surface area contributed by atoms with E-state index in [1.165, 1.54) is 11.3 Å². The minimum absolute atomic E-state index is 0.0230. The maximum atomic E-state index is 12.2. The molecule has 0 spiro atoms. The van der Waals surface area contributed by atoms with Gasteiger partial charge in [0.25, 0.3) is 0 Å². The van der Waals surface area contributed by atoms with Crippen LogP contribution in [0.15, 0.2) is 36.4 Å². The number of hydrogen-bond acceptors (Lipinski definition) is 6. The van der Waals surface area contributed by atoms with Crippen LogP contribution in [0.1, 0.15) is 24.3 Å². The first-order valence-electron chi connectivity index (χ1n) is 8.18. The number of hydrogen-bond donors (Lipinski definition) is 2. The molecule has 1 aliphatic heterocycles. The lowest BCUT2D eigenvalue weighted by atomic mass is 9.89. The first-order chi connectivity index (χ1) is 12.3. The Bertz CT molecular complexity index is 929. The summed E-state index contributed by atoms with van der Waals surface area (Å²) in [4.78, 5) is 1.59. The fourth-order valence-corrected chi connectivity index (χ4v) is 4.54. The van der Waals surface area contributed by atoms with E-state index in [1.807, 2.05) is 18.2 Å². The van der Waals surface area contributed by atoms with Gasteiger partial charge in [0, 0.05) is 4.88 Å². The van der Waals surface area contributed by atoms with Crippen LogP contribution in [0.3, 0.4) is 0 Å². The molecule has 2 N–H and O–H groups in total. The van der Waals surface area contributed by atoms with Crippen molar-refractivity contribution < 1.29 is 18.3 Å². The van der Waals surface area contributed by atoms with Crippen LogP contribution in [0.5, 0.6) is 0 Å². The molecule has 1 aliphatic rings. The van der Waals surface area contributed by atoms with Crippen molar-refractivity contribution in [1.82, 2.24) is 4.72 Å². The first kappa shape index (κ1) is 19.0. The minimum Gasteiger partial charge on any atom is -0.381 e. The maximum absolute atomic E-state index is 12.2. The first-order valence-corrected chi connectivity index (χ1v) is 10.5. The Kier molecular flexibility index (Phi) is 5.19. The van der Waals surface area contributed by atoms with Crippen molar-refractivity contribution in [3.63, 3.8) is 0 Å². The second kappa shape index (κ2) is 7.10. The Morgan fingerprint density at radius 2 is 2.00 bits per heavy atom. The summed E-state index contributed by atoms with van der Waals surface area (Å²) in [6.07, 6.45) is 0. The highest BCUT2D eigenvalue weighted by Crippen LogP contribution is 2.34. The van der Waals surface area contributed by atoms with Gasteiger partial charge in [0.15, 0.2) is 0 Å². The average Bonchev–Trinajstić information content (AvgIpc) is 3.23. The van der Waals surface area contributed by atoms with E-state index in [2.05, 4.69) is 10.8 Å². The molecule has 0 bridgehead atoms. The molecule has 1 fully saturated rings. The van der Waals surface area contributed by atoms with Gasteiger partial charge in [-0.25, -0.2) is 13.1 Å². The van der Waals surface area contributed by atoms with Gasteiger partial charge in [0.1, 0.15) is 16.5 Å². The predicted octanol–water partition coefficient (Wildman–Crippen LogP) is 2.20. The Labute approximate surface area is 157 Å². The van der Waals surface area contributed by atoms with Crippen LogP contribution in [0.4, 0.5) is 0 Å². The molecule has 26 heavy (non-hydrogen) atoms. The van der Waals surface area contributed by atoms with Crippen LogP contribution in [0.2, 0.25) is 0 Å². The van der Waals surface area contributed by atoms with Gasteiger partial charge in [0.2, 0.25) is 10.0 Å². The van der Waals surface area contributed by atoms with Gasteiger partial charge >= 0.3 is 0 Å². The summed E-state index contributed by atoms with van der Waals surface area (Å²) in [5.41, 5.74) is 0.0997. The Morgan fingerprint density at radius 1 is 1.31 bits per heavy atom. The zero-order valence-corrected chi connectivity index (χ0v) is 16.1. The molecule has 1 aromatic heterocycles. The monoisotopic (exact) mass is 392 g/mol. The Balaban J connectivity index is 1.86. The number of benzene rings is 1. The topological polar surface area (TPSA) is 99.4 Å². The number of ether oxygens (including phenoxy) is 1. The lowest BCUT2D eigenvalue weighted by Gasteiger charge is -2.29. The molecule has 6 nitrogen and oxygen atoms in total. The van der Waals surface area contributed by atoms with E-state index in [1.54, 1.807) is 32.0 Å². The molecule has 1 aromatic carbocycles. The quantitative estimate of drug-likeness (QED) is 0.813. The molecule has 1 saturated heterocycles.